The Morgan fingerprint density at radius 3 is 2.92 bits per heavy atom. The third-order valence-corrected chi connectivity index (χ3v) is 4.86. The van der Waals surface area contributed by atoms with Crippen LogP contribution >= 0.6 is 0 Å². The fourth-order valence-corrected chi connectivity index (χ4v) is 3.63. The largest absolute Gasteiger partial charge is 0.350 e. The first-order valence-corrected chi connectivity index (χ1v) is 8.24. The zero-order chi connectivity index (χ0) is 16.7. The van der Waals surface area contributed by atoms with Crippen LogP contribution in [-0.2, 0) is 0 Å². The van der Waals surface area contributed by atoms with E-state index in [4.69, 9.17) is 0 Å². The molecule has 1 aromatic heterocycles. The number of halogens is 1. The molecule has 2 aliphatic rings. The van der Waals surface area contributed by atoms with E-state index in [1.54, 1.807) is 23.1 Å². The molecule has 3 amide bonds. The molecule has 0 saturated carbocycles. The average molecular weight is 330 g/mol. The third kappa shape index (κ3) is 2.50. The fourth-order valence-electron chi connectivity index (χ4n) is 3.63. The normalized spacial score (nSPS) is 21.4. The van der Waals surface area contributed by atoms with E-state index in [1.165, 1.54) is 6.07 Å². The number of nitrogens with one attached hydrogen (secondary N) is 2. The second-order valence-electron chi connectivity index (χ2n) is 6.36. The Balaban J connectivity index is 1.54. The number of amides is 3. The molecule has 2 saturated heterocycles. The Labute approximate surface area is 138 Å². The molecule has 1 atom stereocenters. The van der Waals surface area contributed by atoms with Crippen molar-refractivity contribution in [3.05, 3.63) is 35.8 Å². The second kappa shape index (κ2) is 5.81. The third-order valence-electron chi connectivity index (χ3n) is 4.86. The number of piperidine rings is 1. The molecule has 2 aromatic rings. The minimum Gasteiger partial charge on any atom is -0.350 e. The zero-order valence-corrected chi connectivity index (χ0v) is 13.2. The summed E-state index contributed by atoms with van der Waals surface area (Å²) in [4.78, 5) is 31.2. The molecule has 2 fully saturated rings. The summed E-state index contributed by atoms with van der Waals surface area (Å²) in [5.41, 5.74) is 1.01. The van der Waals surface area contributed by atoms with E-state index in [-0.39, 0.29) is 23.8 Å². The van der Waals surface area contributed by atoms with Gasteiger partial charge >= 0.3 is 6.03 Å². The molecule has 3 heterocycles. The lowest BCUT2D eigenvalue weighted by Gasteiger charge is -2.36. The highest BCUT2D eigenvalue weighted by atomic mass is 19.1. The van der Waals surface area contributed by atoms with Gasteiger partial charge in [-0.2, -0.15) is 0 Å². The number of urea groups is 1. The number of carbonyl (C=O) groups is 2. The zero-order valence-electron chi connectivity index (χ0n) is 13.2. The molecular weight excluding hydrogens is 311 g/mol. The van der Waals surface area contributed by atoms with Crippen LogP contribution in [0.25, 0.3) is 10.9 Å². The lowest BCUT2D eigenvalue weighted by atomic mass is 10.0. The molecule has 4 rings (SSSR count). The lowest BCUT2D eigenvalue weighted by molar-refractivity contribution is 0.0629. The lowest BCUT2D eigenvalue weighted by Crippen LogP contribution is -2.50. The molecule has 1 unspecified atom stereocenters. The Morgan fingerprint density at radius 1 is 1.29 bits per heavy atom. The monoisotopic (exact) mass is 330 g/mol. The van der Waals surface area contributed by atoms with E-state index < -0.39 is 0 Å². The maximum Gasteiger partial charge on any atom is 0.317 e. The summed E-state index contributed by atoms with van der Waals surface area (Å²) in [6, 6.07) is 6.31. The van der Waals surface area contributed by atoms with Gasteiger partial charge in [0.1, 0.15) is 11.5 Å². The van der Waals surface area contributed by atoms with Crippen molar-refractivity contribution in [3.8, 4) is 0 Å². The summed E-state index contributed by atoms with van der Waals surface area (Å²) in [7, 11) is 0. The number of hydrogen-bond acceptors (Lipinski definition) is 2. The quantitative estimate of drug-likeness (QED) is 0.883. The van der Waals surface area contributed by atoms with Crippen molar-refractivity contribution in [1.82, 2.24) is 20.1 Å². The number of rotatable bonds is 2. The summed E-state index contributed by atoms with van der Waals surface area (Å²) in [6.45, 7) is 2.51. The number of carbonyl (C=O) groups excluding carboxylic acids is 2. The molecule has 0 bridgehead atoms. The molecule has 2 N–H and O–H groups in total. The van der Waals surface area contributed by atoms with Crippen molar-refractivity contribution in [3.63, 3.8) is 0 Å². The molecule has 6 nitrogen and oxygen atoms in total. The highest BCUT2D eigenvalue weighted by Gasteiger charge is 2.33. The van der Waals surface area contributed by atoms with Crippen LogP contribution < -0.4 is 5.32 Å². The number of fused-ring (bicyclic) bond motifs is 1. The number of H-pyrrole nitrogens is 1. The predicted octanol–water partition coefficient (Wildman–Crippen LogP) is 1.94. The molecule has 126 valence electrons. The van der Waals surface area contributed by atoms with Gasteiger partial charge in [-0.15, -0.1) is 0 Å². The van der Waals surface area contributed by atoms with Crippen molar-refractivity contribution < 1.29 is 14.0 Å². The van der Waals surface area contributed by atoms with Crippen molar-refractivity contribution >= 4 is 22.8 Å². The van der Waals surface area contributed by atoms with E-state index in [0.29, 0.717) is 42.8 Å². The minimum atomic E-state index is -0.340. The SMILES string of the molecule is O=C(c1cc2c(F)cccc2[nH]1)N1CCCC(N2CCNC2=O)C1. The summed E-state index contributed by atoms with van der Waals surface area (Å²) in [5, 5.41) is 3.23. The molecule has 7 heteroatoms. The Bertz CT molecular complexity index is 803. The maximum atomic E-state index is 13.8. The molecular formula is C17H19FN4O2. The van der Waals surface area contributed by atoms with E-state index in [1.807, 2.05) is 4.90 Å². The van der Waals surface area contributed by atoms with Crippen LogP contribution in [0.1, 0.15) is 23.3 Å². The molecule has 1 aromatic carbocycles. The number of aromatic nitrogens is 1. The van der Waals surface area contributed by atoms with Crippen molar-refractivity contribution in [2.45, 2.75) is 18.9 Å². The van der Waals surface area contributed by atoms with Crippen molar-refractivity contribution in [2.75, 3.05) is 26.2 Å². The van der Waals surface area contributed by atoms with E-state index in [2.05, 4.69) is 10.3 Å². The first kappa shape index (κ1) is 15.0. The van der Waals surface area contributed by atoms with Gasteiger partial charge in [0.15, 0.2) is 0 Å². The van der Waals surface area contributed by atoms with Gasteiger partial charge in [0.2, 0.25) is 0 Å². The molecule has 0 spiro atoms. The highest BCUT2D eigenvalue weighted by molar-refractivity contribution is 5.98. The van der Waals surface area contributed by atoms with Crippen molar-refractivity contribution in [1.29, 1.82) is 0 Å². The van der Waals surface area contributed by atoms with E-state index in [9.17, 15) is 14.0 Å². The van der Waals surface area contributed by atoms with E-state index in [0.717, 1.165) is 12.8 Å². The van der Waals surface area contributed by atoms with Gasteiger partial charge in [-0.1, -0.05) is 6.07 Å². The summed E-state index contributed by atoms with van der Waals surface area (Å²) >= 11 is 0. The number of benzene rings is 1. The number of hydrogen-bond donors (Lipinski definition) is 2. The summed E-state index contributed by atoms with van der Waals surface area (Å²) in [5.74, 6) is -0.483. The molecule has 2 aliphatic heterocycles. The predicted molar refractivity (Wildman–Crippen MR) is 87.3 cm³/mol. The number of likely N-dealkylation sites (tertiary alicyclic amines) is 1. The van der Waals surface area contributed by atoms with Crippen LogP contribution in [0.3, 0.4) is 0 Å². The van der Waals surface area contributed by atoms with Crippen LogP contribution in [0.4, 0.5) is 9.18 Å². The minimum absolute atomic E-state index is 0.0475. The smallest absolute Gasteiger partial charge is 0.317 e. The average Bonchev–Trinajstić information content (AvgIpc) is 3.21. The van der Waals surface area contributed by atoms with Crippen LogP contribution in [-0.4, -0.2) is 58.9 Å². The van der Waals surface area contributed by atoms with Gasteiger partial charge in [-0.3, -0.25) is 4.79 Å². The van der Waals surface area contributed by atoms with E-state index >= 15 is 0 Å². The van der Waals surface area contributed by atoms with Gasteiger partial charge in [0, 0.05) is 37.1 Å². The summed E-state index contributed by atoms with van der Waals surface area (Å²) < 4.78 is 13.8. The molecule has 0 radical (unpaired) electrons. The van der Waals surface area contributed by atoms with Gasteiger partial charge in [-0.25, -0.2) is 9.18 Å². The van der Waals surface area contributed by atoms with Crippen molar-refractivity contribution in [2.24, 2.45) is 0 Å². The Kier molecular flexibility index (Phi) is 3.63. The Morgan fingerprint density at radius 2 is 2.17 bits per heavy atom. The van der Waals surface area contributed by atoms with Gasteiger partial charge in [0.25, 0.3) is 5.91 Å². The molecule has 0 aliphatic carbocycles. The standard InChI is InChI=1S/C17H19FN4O2/c18-13-4-1-5-14-12(13)9-15(20-14)16(23)21-7-2-3-11(10-21)22-8-6-19-17(22)24/h1,4-5,9,11,20H,2-3,6-8,10H2,(H,19,24). The van der Waals surface area contributed by atoms with Gasteiger partial charge in [0.05, 0.1) is 6.04 Å². The molecule has 24 heavy (non-hydrogen) atoms. The fraction of sp³-hybridized carbons (Fsp3) is 0.412. The highest BCUT2D eigenvalue weighted by Crippen LogP contribution is 2.22. The topological polar surface area (TPSA) is 68.4 Å². The number of aromatic amines is 1. The van der Waals surface area contributed by atoms with Crippen LogP contribution in [0.2, 0.25) is 0 Å². The number of nitrogens with zero attached hydrogens (tertiary/aromatic N) is 2. The summed E-state index contributed by atoms with van der Waals surface area (Å²) in [6.07, 6.45) is 1.76. The first-order valence-electron chi connectivity index (χ1n) is 8.24. The Hall–Kier alpha value is -2.57. The second-order valence-corrected chi connectivity index (χ2v) is 6.36. The van der Waals surface area contributed by atoms with Gasteiger partial charge in [-0.05, 0) is 31.0 Å². The van der Waals surface area contributed by atoms with Gasteiger partial charge < -0.3 is 20.1 Å². The first-order chi connectivity index (χ1) is 11.6. The van der Waals surface area contributed by atoms with Crippen LogP contribution in [0.5, 0.6) is 0 Å². The maximum absolute atomic E-state index is 13.8. The van der Waals surface area contributed by atoms with Crippen LogP contribution in [0.15, 0.2) is 24.3 Å². The van der Waals surface area contributed by atoms with Crippen LogP contribution in [0, 0.1) is 5.82 Å².